The third-order valence-electron chi connectivity index (χ3n) is 5.38. The van der Waals surface area contributed by atoms with Crippen molar-refractivity contribution < 1.29 is 28.8 Å². The van der Waals surface area contributed by atoms with Crippen LogP contribution in [0.25, 0.3) is 21.9 Å². The van der Waals surface area contributed by atoms with Crippen LogP contribution in [0, 0.1) is 0 Å². The lowest BCUT2D eigenvalue weighted by Crippen LogP contribution is -2.43. The summed E-state index contributed by atoms with van der Waals surface area (Å²) in [4.78, 5) is 13.1. The van der Waals surface area contributed by atoms with Gasteiger partial charge in [-0.2, -0.15) is 0 Å². The summed E-state index contributed by atoms with van der Waals surface area (Å²) in [7, 11) is 1.45. The summed E-state index contributed by atoms with van der Waals surface area (Å²) in [5.74, 6) is -0.713. The molecular weight excluding hydrogens is 352 g/mol. The Bertz CT molecular complexity index is 1160. The van der Waals surface area contributed by atoms with Crippen molar-refractivity contribution in [2.24, 2.45) is 0 Å². The molecular formula is C20H18O7. The van der Waals surface area contributed by atoms with Crippen LogP contribution in [0.4, 0.5) is 0 Å². The number of phenols is 2. The van der Waals surface area contributed by atoms with Crippen molar-refractivity contribution in [3.8, 4) is 23.0 Å². The second-order valence-corrected chi connectivity index (χ2v) is 7.14. The molecule has 2 aromatic carbocycles. The van der Waals surface area contributed by atoms with E-state index in [0.29, 0.717) is 24.2 Å². The highest BCUT2D eigenvalue weighted by Crippen LogP contribution is 2.56. The van der Waals surface area contributed by atoms with Crippen molar-refractivity contribution >= 4 is 21.9 Å². The number of ether oxygens (including phenoxy) is 3. The average Bonchev–Trinajstić information content (AvgIpc) is 2.61. The van der Waals surface area contributed by atoms with Gasteiger partial charge in [-0.05, 0) is 25.0 Å². The summed E-state index contributed by atoms with van der Waals surface area (Å²) < 4.78 is 23.5. The molecule has 5 rings (SSSR count). The van der Waals surface area contributed by atoms with E-state index in [2.05, 4.69) is 0 Å². The number of phenolic OH excluding ortho intramolecular Hbond substituents is 2. The molecule has 2 N–H and O–H groups in total. The van der Waals surface area contributed by atoms with Gasteiger partial charge in [-0.25, -0.2) is 0 Å². The molecule has 0 saturated carbocycles. The Morgan fingerprint density at radius 3 is 2.85 bits per heavy atom. The Morgan fingerprint density at radius 2 is 2.07 bits per heavy atom. The Morgan fingerprint density at radius 1 is 1.26 bits per heavy atom. The van der Waals surface area contributed by atoms with E-state index in [1.54, 1.807) is 12.1 Å². The fourth-order valence-electron chi connectivity index (χ4n) is 4.17. The van der Waals surface area contributed by atoms with E-state index in [9.17, 15) is 15.0 Å². The number of hydrogen-bond donors (Lipinski definition) is 2. The molecule has 2 aliphatic rings. The van der Waals surface area contributed by atoms with Crippen LogP contribution < -0.4 is 14.9 Å². The van der Waals surface area contributed by atoms with Crippen molar-refractivity contribution in [3.63, 3.8) is 0 Å². The van der Waals surface area contributed by atoms with E-state index in [0.717, 1.165) is 6.42 Å². The van der Waals surface area contributed by atoms with Crippen molar-refractivity contribution in [1.29, 1.82) is 0 Å². The largest absolute Gasteiger partial charge is 0.507 e. The van der Waals surface area contributed by atoms with Crippen LogP contribution in [0.15, 0.2) is 27.4 Å². The molecule has 7 heteroatoms. The summed E-state index contributed by atoms with van der Waals surface area (Å²) in [6.45, 7) is 1.84. The summed E-state index contributed by atoms with van der Waals surface area (Å²) >= 11 is 0. The van der Waals surface area contributed by atoms with E-state index < -0.39 is 17.3 Å². The molecule has 0 aliphatic carbocycles. The number of aromatic hydroxyl groups is 2. The van der Waals surface area contributed by atoms with Crippen LogP contribution in [0.3, 0.4) is 0 Å². The molecule has 140 valence electrons. The van der Waals surface area contributed by atoms with E-state index in [-0.39, 0.29) is 39.2 Å². The maximum absolute atomic E-state index is 13.1. The number of fused-ring (bicyclic) bond motifs is 6. The highest BCUT2D eigenvalue weighted by atomic mass is 16.7. The maximum Gasteiger partial charge on any atom is 0.208 e. The second-order valence-electron chi connectivity index (χ2n) is 7.14. The van der Waals surface area contributed by atoms with E-state index in [1.807, 2.05) is 6.92 Å². The van der Waals surface area contributed by atoms with Crippen LogP contribution in [0.1, 0.15) is 37.9 Å². The lowest BCUT2D eigenvalue weighted by molar-refractivity contribution is -0.243. The highest BCUT2D eigenvalue weighted by Gasteiger charge is 2.45. The van der Waals surface area contributed by atoms with Gasteiger partial charge >= 0.3 is 0 Å². The fourth-order valence-corrected chi connectivity index (χ4v) is 4.17. The molecule has 0 amide bonds. The van der Waals surface area contributed by atoms with E-state index in [1.165, 1.54) is 13.2 Å². The molecule has 3 heterocycles. The summed E-state index contributed by atoms with van der Waals surface area (Å²) in [6.07, 6.45) is 1.86. The van der Waals surface area contributed by atoms with Gasteiger partial charge in [0.15, 0.2) is 11.3 Å². The summed E-state index contributed by atoms with van der Waals surface area (Å²) in [5, 5.41) is 21.1. The van der Waals surface area contributed by atoms with E-state index >= 15 is 0 Å². The van der Waals surface area contributed by atoms with E-state index in [4.69, 9.17) is 18.6 Å². The van der Waals surface area contributed by atoms with Crippen LogP contribution in [-0.4, -0.2) is 23.1 Å². The van der Waals surface area contributed by atoms with Gasteiger partial charge in [0.1, 0.15) is 27.9 Å². The first-order valence-electron chi connectivity index (χ1n) is 8.81. The predicted octanol–water partition coefficient (Wildman–Crippen LogP) is 3.72. The number of rotatable bonds is 1. The lowest BCUT2D eigenvalue weighted by atomic mass is 9.91. The molecule has 1 aromatic heterocycles. The normalized spacial score (nSPS) is 23.9. The Hall–Kier alpha value is -2.93. The zero-order valence-electron chi connectivity index (χ0n) is 14.9. The van der Waals surface area contributed by atoms with Crippen molar-refractivity contribution in [3.05, 3.63) is 34.0 Å². The molecule has 2 aliphatic heterocycles. The molecule has 0 spiro atoms. The Labute approximate surface area is 153 Å². The van der Waals surface area contributed by atoms with Gasteiger partial charge < -0.3 is 28.8 Å². The highest BCUT2D eigenvalue weighted by molar-refractivity contribution is 6.00. The monoisotopic (exact) mass is 370 g/mol. The maximum atomic E-state index is 13.1. The molecule has 2 atom stereocenters. The first kappa shape index (κ1) is 16.3. The minimum atomic E-state index is -0.821. The zero-order chi connectivity index (χ0) is 18.9. The van der Waals surface area contributed by atoms with Crippen LogP contribution in [-0.2, 0) is 4.74 Å². The second kappa shape index (κ2) is 5.29. The van der Waals surface area contributed by atoms with Crippen molar-refractivity contribution in [2.75, 3.05) is 7.11 Å². The smallest absolute Gasteiger partial charge is 0.208 e. The zero-order valence-corrected chi connectivity index (χ0v) is 14.9. The molecule has 1 saturated heterocycles. The van der Waals surface area contributed by atoms with Crippen LogP contribution in [0.5, 0.6) is 23.0 Å². The number of hydrogen-bond acceptors (Lipinski definition) is 7. The Kier molecular flexibility index (Phi) is 3.19. The summed E-state index contributed by atoms with van der Waals surface area (Å²) in [6, 6.07) is 4.55. The van der Waals surface area contributed by atoms with Gasteiger partial charge in [0, 0.05) is 13.3 Å². The van der Waals surface area contributed by atoms with Gasteiger partial charge in [-0.1, -0.05) is 6.07 Å². The minimum absolute atomic E-state index is 0.00781. The fraction of sp³-hybridized carbons (Fsp3) is 0.350. The minimum Gasteiger partial charge on any atom is -0.507 e. The van der Waals surface area contributed by atoms with Crippen molar-refractivity contribution in [2.45, 2.75) is 38.1 Å². The molecule has 0 radical (unpaired) electrons. The topological polar surface area (TPSA) is 98.4 Å². The van der Waals surface area contributed by atoms with Gasteiger partial charge in [0.25, 0.3) is 0 Å². The van der Waals surface area contributed by atoms with Gasteiger partial charge in [-0.3, -0.25) is 4.79 Å². The average molecular weight is 370 g/mol. The molecule has 3 aromatic rings. The first-order chi connectivity index (χ1) is 12.9. The first-order valence-corrected chi connectivity index (χ1v) is 8.81. The number of benzene rings is 2. The molecule has 2 unspecified atom stereocenters. The SMILES string of the molecule is COc1c2c(c(O)c3c(=O)c4c(O)cccc4oc13)C1CCCC(C)(O2)O1. The predicted molar refractivity (Wildman–Crippen MR) is 96.6 cm³/mol. The standard InChI is InChI=1S/C20H18O7/c1-20-8-4-7-11(26-20)13-16(23)14-15(22)12-9(21)5-3-6-10(12)25-17(14)19(24-2)18(13)27-20/h3,5-6,11,21,23H,4,7-8H2,1-2H3. The third-order valence-corrected chi connectivity index (χ3v) is 5.38. The lowest BCUT2D eigenvalue weighted by Gasteiger charge is -2.44. The van der Waals surface area contributed by atoms with Crippen molar-refractivity contribution in [1.82, 2.24) is 0 Å². The third kappa shape index (κ3) is 2.09. The van der Waals surface area contributed by atoms with Crippen LogP contribution >= 0.6 is 0 Å². The number of methoxy groups -OCH3 is 1. The molecule has 27 heavy (non-hydrogen) atoms. The molecule has 1 fully saturated rings. The molecule has 7 nitrogen and oxygen atoms in total. The summed E-state index contributed by atoms with van der Waals surface area (Å²) in [5.41, 5.74) is 0.134. The molecule has 2 bridgehead atoms. The van der Waals surface area contributed by atoms with Gasteiger partial charge in [0.2, 0.25) is 17.0 Å². The quantitative estimate of drug-likeness (QED) is 0.630. The van der Waals surface area contributed by atoms with Gasteiger partial charge in [0.05, 0.1) is 18.8 Å². The Balaban J connectivity index is 1.97. The van der Waals surface area contributed by atoms with Gasteiger partial charge in [-0.15, -0.1) is 0 Å². The van der Waals surface area contributed by atoms with Crippen LogP contribution in [0.2, 0.25) is 0 Å².